The maximum atomic E-state index is 13.0. The molecule has 0 aliphatic heterocycles. The van der Waals surface area contributed by atoms with E-state index in [9.17, 15) is 9.18 Å². The van der Waals surface area contributed by atoms with Gasteiger partial charge in [0.2, 0.25) is 5.91 Å². The third kappa shape index (κ3) is 4.25. The molecule has 0 spiro atoms. The second kappa shape index (κ2) is 6.77. The van der Waals surface area contributed by atoms with Gasteiger partial charge in [-0.05, 0) is 37.3 Å². The molecule has 0 bridgehead atoms. The normalized spacial score (nSPS) is 10.3. The van der Waals surface area contributed by atoms with E-state index in [4.69, 9.17) is 11.6 Å². The Labute approximate surface area is 126 Å². The van der Waals surface area contributed by atoms with Gasteiger partial charge in [-0.1, -0.05) is 29.3 Å². The molecular formula is C15H13ClFNOS. The average molecular weight is 310 g/mol. The Kier molecular flexibility index (Phi) is 5.04. The largest absolute Gasteiger partial charge is 0.325 e. The number of thioether (sulfide) groups is 1. The molecule has 5 heteroatoms. The fourth-order valence-corrected chi connectivity index (χ4v) is 2.53. The third-order valence-electron chi connectivity index (χ3n) is 2.60. The molecule has 2 nitrogen and oxygen atoms in total. The molecule has 0 saturated carbocycles. The Morgan fingerprint density at radius 3 is 2.60 bits per heavy atom. The fraction of sp³-hybridized carbons (Fsp3) is 0.133. The van der Waals surface area contributed by atoms with Gasteiger partial charge in [0, 0.05) is 10.6 Å². The lowest BCUT2D eigenvalue weighted by Crippen LogP contribution is -2.13. The standard InChI is InChI=1S/C15H13ClFNOS/c1-10-2-4-11(5-3-10)18-15(19)9-20-12-6-7-14(17)13(16)8-12/h2-8H,9H2,1H3,(H,18,19). The molecule has 2 aromatic rings. The molecule has 2 aromatic carbocycles. The van der Waals surface area contributed by atoms with Crippen molar-refractivity contribution in [2.75, 3.05) is 11.1 Å². The van der Waals surface area contributed by atoms with Gasteiger partial charge in [0.05, 0.1) is 10.8 Å². The maximum absolute atomic E-state index is 13.0. The average Bonchev–Trinajstić information content (AvgIpc) is 2.43. The number of halogens is 2. The lowest BCUT2D eigenvalue weighted by molar-refractivity contribution is -0.113. The smallest absolute Gasteiger partial charge is 0.234 e. The van der Waals surface area contributed by atoms with E-state index in [1.165, 1.54) is 23.9 Å². The summed E-state index contributed by atoms with van der Waals surface area (Å²) >= 11 is 7.00. The number of carbonyl (C=O) groups excluding carboxylic acids is 1. The Balaban J connectivity index is 1.88. The first-order valence-electron chi connectivity index (χ1n) is 5.99. The van der Waals surface area contributed by atoms with Crippen LogP contribution in [0.2, 0.25) is 5.02 Å². The van der Waals surface area contributed by atoms with Crippen LogP contribution in [0.5, 0.6) is 0 Å². The molecule has 104 valence electrons. The summed E-state index contributed by atoms with van der Waals surface area (Å²) in [6, 6.07) is 12.0. The van der Waals surface area contributed by atoms with Crippen molar-refractivity contribution < 1.29 is 9.18 Å². The van der Waals surface area contributed by atoms with Crippen LogP contribution >= 0.6 is 23.4 Å². The Bertz CT molecular complexity index is 616. The van der Waals surface area contributed by atoms with Crippen LogP contribution < -0.4 is 5.32 Å². The molecular weight excluding hydrogens is 297 g/mol. The molecule has 0 fully saturated rings. The van der Waals surface area contributed by atoms with Gasteiger partial charge in [-0.3, -0.25) is 4.79 Å². The van der Waals surface area contributed by atoms with Gasteiger partial charge in [-0.15, -0.1) is 11.8 Å². The topological polar surface area (TPSA) is 29.1 Å². The molecule has 1 amide bonds. The number of aryl methyl sites for hydroxylation is 1. The number of amides is 1. The van der Waals surface area contributed by atoms with Crippen LogP contribution in [-0.4, -0.2) is 11.7 Å². The highest BCUT2D eigenvalue weighted by Crippen LogP contribution is 2.24. The number of anilines is 1. The predicted molar refractivity (Wildman–Crippen MR) is 81.9 cm³/mol. The van der Waals surface area contributed by atoms with Crippen molar-refractivity contribution in [3.8, 4) is 0 Å². The summed E-state index contributed by atoms with van der Waals surface area (Å²) < 4.78 is 13.0. The Hall–Kier alpha value is -1.52. The van der Waals surface area contributed by atoms with Crippen LogP contribution in [0.15, 0.2) is 47.4 Å². The van der Waals surface area contributed by atoms with Crippen LogP contribution in [0.25, 0.3) is 0 Å². The lowest BCUT2D eigenvalue weighted by Gasteiger charge is -2.06. The number of hydrogen-bond acceptors (Lipinski definition) is 2. The molecule has 0 aliphatic carbocycles. The van der Waals surface area contributed by atoms with Gasteiger partial charge in [0.25, 0.3) is 0 Å². The van der Waals surface area contributed by atoms with E-state index < -0.39 is 5.82 Å². The van der Waals surface area contributed by atoms with E-state index in [1.807, 2.05) is 31.2 Å². The minimum absolute atomic E-state index is 0.0638. The molecule has 0 atom stereocenters. The van der Waals surface area contributed by atoms with E-state index in [0.29, 0.717) is 0 Å². The number of nitrogens with one attached hydrogen (secondary N) is 1. The van der Waals surface area contributed by atoms with Crippen molar-refractivity contribution in [3.63, 3.8) is 0 Å². The quantitative estimate of drug-likeness (QED) is 0.841. The van der Waals surface area contributed by atoms with Gasteiger partial charge in [0.15, 0.2) is 0 Å². The van der Waals surface area contributed by atoms with Gasteiger partial charge in [0.1, 0.15) is 5.82 Å². The zero-order valence-electron chi connectivity index (χ0n) is 10.8. The number of rotatable bonds is 4. The third-order valence-corrected chi connectivity index (χ3v) is 3.88. The van der Waals surface area contributed by atoms with Crippen molar-refractivity contribution in [2.24, 2.45) is 0 Å². The van der Waals surface area contributed by atoms with Crippen LogP contribution in [0.4, 0.5) is 10.1 Å². The summed E-state index contributed by atoms with van der Waals surface area (Å²) in [6.07, 6.45) is 0. The van der Waals surface area contributed by atoms with Gasteiger partial charge >= 0.3 is 0 Å². The van der Waals surface area contributed by atoms with Crippen LogP contribution in [0.1, 0.15) is 5.56 Å². The van der Waals surface area contributed by atoms with E-state index in [-0.39, 0.29) is 16.7 Å². The number of carbonyl (C=O) groups is 1. The van der Waals surface area contributed by atoms with E-state index in [1.54, 1.807) is 6.07 Å². The highest BCUT2D eigenvalue weighted by atomic mass is 35.5. The number of benzene rings is 2. The minimum Gasteiger partial charge on any atom is -0.325 e. The molecule has 0 radical (unpaired) electrons. The predicted octanol–water partition coefficient (Wildman–Crippen LogP) is 4.52. The summed E-state index contributed by atoms with van der Waals surface area (Å²) in [4.78, 5) is 12.5. The summed E-state index contributed by atoms with van der Waals surface area (Å²) in [7, 11) is 0. The molecule has 20 heavy (non-hydrogen) atoms. The monoisotopic (exact) mass is 309 g/mol. The SMILES string of the molecule is Cc1ccc(NC(=O)CSc2ccc(F)c(Cl)c2)cc1. The molecule has 2 rings (SSSR count). The van der Waals surface area contributed by atoms with Crippen molar-refractivity contribution in [1.82, 2.24) is 0 Å². The molecule has 0 heterocycles. The molecule has 0 aromatic heterocycles. The molecule has 0 saturated heterocycles. The van der Waals surface area contributed by atoms with Crippen molar-refractivity contribution in [1.29, 1.82) is 0 Å². The zero-order chi connectivity index (χ0) is 14.5. The summed E-state index contributed by atoms with van der Waals surface area (Å²) in [5.74, 6) is -0.324. The van der Waals surface area contributed by atoms with Crippen LogP contribution in [0.3, 0.4) is 0 Å². The first kappa shape index (κ1) is 14.9. The zero-order valence-corrected chi connectivity index (χ0v) is 12.4. The van der Waals surface area contributed by atoms with Crippen molar-refractivity contribution >= 4 is 35.0 Å². The second-order valence-corrected chi connectivity index (χ2v) is 5.73. The summed E-state index contributed by atoms with van der Waals surface area (Å²) in [5.41, 5.74) is 1.90. The van der Waals surface area contributed by atoms with E-state index in [0.717, 1.165) is 16.1 Å². The summed E-state index contributed by atoms with van der Waals surface area (Å²) in [5, 5.41) is 2.86. The van der Waals surface area contributed by atoms with Crippen LogP contribution in [-0.2, 0) is 4.79 Å². The van der Waals surface area contributed by atoms with Gasteiger partial charge in [-0.25, -0.2) is 4.39 Å². The molecule has 0 unspecified atom stereocenters. The Morgan fingerprint density at radius 2 is 1.95 bits per heavy atom. The van der Waals surface area contributed by atoms with Crippen LogP contribution in [0, 0.1) is 12.7 Å². The first-order valence-corrected chi connectivity index (χ1v) is 7.35. The Morgan fingerprint density at radius 1 is 1.25 bits per heavy atom. The van der Waals surface area contributed by atoms with E-state index >= 15 is 0 Å². The lowest BCUT2D eigenvalue weighted by atomic mass is 10.2. The maximum Gasteiger partial charge on any atom is 0.234 e. The minimum atomic E-state index is -0.458. The number of hydrogen-bond donors (Lipinski definition) is 1. The summed E-state index contributed by atoms with van der Waals surface area (Å²) in [6.45, 7) is 1.99. The van der Waals surface area contributed by atoms with Gasteiger partial charge < -0.3 is 5.32 Å². The highest BCUT2D eigenvalue weighted by molar-refractivity contribution is 8.00. The van der Waals surface area contributed by atoms with Crippen molar-refractivity contribution in [2.45, 2.75) is 11.8 Å². The van der Waals surface area contributed by atoms with Crippen molar-refractivity contribution in [3.05, 3.63) is 58.9 Å². The van der Waals surface area contributed by atoms with Gasteiger partial charge in [-0.2, -0.15) is 0 Å². The first-order chi connectivity index (χ1) is 9.54. The molecule has 0 aliphatic rings. The van der Waals surface area contributed by atoms with E-state index in [2.05, 4.69) is 5.32 Å². The highest BCUT2D eigenvalue weighted by Gasteiger charge is 2.06. The fourth-order valence-electron chi connectivity index (χ4n) is 1.55. The second-order valence-electron chi connectivity index (χ2n) is 4.28. The molecule has 1 N–H and O–H groups in total.